The second kappa shape index (κ2) is 7.31. The van der Waals surface area contributed by atoms with Gasteiger partial charge < -0.3 is 20.1 Å². The highest BCUT2D eigenvalue weighted by atomic mass is 16.6. The van der Waals surface area contributed by atoms with Crippen LogP contribution in [-0.4, -0.2) is 53.3 Å². The molecule has 0 bridgehead atoms. The fraction of sp³-hybridized carbons (Fsp3) is 0.875. The number of likely N-dealkylation sites (tertiary alicyclic amines) is 1. The summed E-state index contributed by atoms with van der Waals surface area (Å²) in [6, 6.07) is -0.499. The summed E-state index contributed by atoms with van der Waals surface area (Å²) in [4.78, 5) is 24.8. The van der Waals surface area contributed by atoms with E-state index in [2.05, 4.69) is 12.2 Å². The number of nitrogens with one attached hydrogen (secondary N) is 1. The molecule has 1 rings (SSSR count). The van der Waals surface area contributed by atoms with Crippen LogP contribution in [0.3, 0.4) is 0 Å². The van der Waals surface area contributed by atoms with Crippen molar-refractivity contribution in [1.82, 2.24) is 10.2 Å². The number of carbonyl (C=O) groups excluding carboxylic acids is 1. The molecule has 22 heavy (non-hydrogen) atoms. The predicted octanol–water partition coefficient (Wildman–Crippen LogP) is 2.48. The Balaban J connectivity index is 2.46. The third-order valence-electron chi connectivity index (χ3n) is 4.10. The SMILES string of the molecule is CCC(NCC1(C)CCN(C(=O)OC(C)(C)C)CC1)C(=O)O. The van der Waals surface area contributed by atoms with Crippen LogP contribution in [0, 0.1) is 5.41 Å². The summed E-state index contributed by atoms with van der Waals surface area (Å²) in [6.07, 6.45) is 1.99. The molecule has 6 heteroatoms. The number of carboxylic acids is 1. The summed E-state index contributed by atoms with van der Waals surface area (Å²) in [5, 5.41) is 12.2. The molecular formula is C16H30N2O4. The van der Waals surface area contributed by atoms with Crippen LogP contribution < -0.4 is 5.32 Å². The lowest BCUT2D eigenvalue weighted by Crippen LogP contribution is -2.49. The van der Waals surface area contributed by atoms with Gasteiger partial charge in [-0.2, -0.15) is 0 Å². The van der Waals surface area contributed by atoms with Gasteiger partial charge in [0.15, 0.2) is 0 Å². The third kappa shape index (κ3) is 5.83. The number of ether oxygens (including phenoxy) is 1. The van der Waals surface area contributed by atoms with Gasteiger partial charge in [-0.05, 0) is 45.4 Å². The molecule has 6 nitrogen and oxygen atoms in total. The number of hydrogen-bond donors (Lipinski definition) is 2. The average molecular weight is 314 g/mol. The Morgan fingerprint density at radius 1 is 1.32 bits per heavy atom. The number of piperidine rings is 1. The summed E-state index contributed by atoms with van der Waals surface area (Å²) in [6.45, 7) is 11.5. The van der Waals surface area contributed by atoms with E-state index in [4.69, 9.17) is 9.84 Å². The first-order valence-electron chi connectivity index (χ1n) is 8.00. The highest BCUT2D eigenvalue weighted by Crippen LogP contribution is 2.31. The molecular weight excluding hydrogens is 284 g/mol. The van der Waals surface area contributed by atoms with Crippen molar-refractivity contribution in [1.29, 1.82) is 0 Å². The van der Waals surface area contributed by atoms with Gasteiger partial charge in [-0.3, -0.25) is 4.79 Å². The fourth-order valence-electron chi connectivity index (χ4n) is 2.51. The lowest BCUT2D eigenvalue weighted by molar-refractivity contribution is -0.139. The van der Waals surface area contributed by atoms with Crippen LogP contribution >= 0.6 is 0 Å². The molecule has 1 saturated heterocycles. The Labute approximate surface area is 133 Å². The second-order valence-corrected chi connectivity index (χ2v) is 7.46. The molecule has 0 aromatic heterocycles. The molecule has 128 valence electrons. The Hall–Kier alpha value is -1.30. The van der Waals surface area contributed by atoms with E-state index >= 15 is 0 Å². The number of rotatable bonds is 5. The molecule has 0 aromatic rings. The topological polar surface area (TPSA) is 78.9 Å². The highest BCUT2D eigenvalue weighted by molar-refractivity contribution is 5.73. The highest BCUT2D eigenvalue weighted by Gasteiger charge is 2.34. The van der Waals surface area contributed by atoms with Gasteiger partial charge in [0.1, 0.15) is 11.6 Å². The van der Waals surface area contributed by atoms with E-state index in [1.54, 1.807) is 4.90 Å². The van der Waals surface area contributed by atoms with Gasteiger partial charge in [-0.1, -0.05) is 13.8 Å². The van der Waals surface area contributed by atoms with Gasteiger partial charge in [-0.15, -0.1) is 0 Å². The van der Waals surface area contributed by atoms with Crippen LogP contribution in [0.15, 0.2) is 0 Å². The van der Waals surface area contributed by atoms with Gasteiger partial charge in [0.05, 0.1) is 0 Å². The van der Waals surface area contributed by atoms with Crippen LogP contribution in [-0.2, 0) is 9.53 Å². The van der Waals surface area contributed by atoms with E-state index in [1.807, 2.05) is 27.7 Å². The van der Waals surface area contributed by atoms with E-state index in [9.17, 15) is 9.59 Å². The van der Waals surface area contributed by atoms with Crippen molar-refractivity contribution < 1.29 is 19.4 Å². The van der Waals surface area contributed by atoms with Gasteiger partial charge in [-0.25, -0.2) is 4.79 Å². The standard InChI is InChI=1S/C16H30N2O4/c1-6-12(13(19)20)17-11-16(5)7-9-18(10-8-16)14(21)22-15(2,3)4/h12,17H,6-11H2,1-5H3,(H,19,20). The first-order chi connectivity index (χ1) is 10.1. The summed E-state index contributed by atoms with van der Waals surface area (Å²) in [5.41, 5.74) is -0.462. The van der Waals surface area contributed by atoms with Crippen molar-refractivity contribution in [3.8, 4) is 0 Å². The minimum Gasteiger partial charge on any atom is -0.480 e. The largest absolute Gasteiger partial charge is 0.480 e. The number of aliphatic carboxylic acids is 1. The lowest BCUT2D eigenvalue weighted by atomic mass is 9.80. The monoisotopic (exact) mass is 314 g/mol. The summed E-state index contributed by atoms with van der Waals surface area (Å²) >= 11 is 0. The molecule has 2 N–H and O–H groups in total. The molecule has 1 aliphatic heterocycles. The van der Waals surface area contributed by atoms with Gasteiger partial charge >= 0.3 is 12.1 Å². The average Bonchev–Trinajstić information content (AvgIpc) is 2.37. The normalized spacial score (nSPS) is 19.6. The van der Waals surface area contributed by atoms with Crippen molar-refractivity contribution in [2.75, 3.05) is 19.6 Å². The zero-order chi connectivity index (χ0) is 17.0. The van der Waals surface area contributed by atoms with E-state index in [1.165, 1.54) is 0 Å². The molecule has 0 saturated carbocycles. The molecule has 1 aliphatic rings. The van der Waals surface area contributed by atoms with Gasteiger partial charge in [0.25, 0.3) is 0 Å². The van der Waals surface area contributed by atoms with Crippen LogP contribution in [0.4, 0.5) is 4.79 Å². The molecule has 0 radical (unpaired) electrons. The van der Waals surface area contributed by atoms with Crippen LogP contribution in [0.5, 0.6) is 0 Å². The van der Waals surface area contributed by atoms with E-state index in [0.29, 0.717) is 26.1 Å². The maximum atomic E-state index is 12.0. The Kier molecular flexibility index (Phi) is 6.23. The predicted molar refractivity (Wildman–Crippen MR) is 84.9 cm³/mol. The third-order valence-corrected chi connectivity index (χ3v) is 4.10. The van der Waals surface area contributed by atoms with Crippen molar-refractivity contribution in [2.45, 2.75) is 65.5 Å². The van der Waals surface area contributed by atoms with Gasteiger partial charge in [0, 0.05) is 19.6 Å². The number of carbonyl (C=O) groups is 2. The van der Waals surface area contributed by atoms with Gasteiger partial charge in [0.2, 0.25) is 0 Å². The molecule has 0 spiro atoms. The first-order valence-corrected chi connectivity index (χ1v) is 8.00. The quantitative estimate of drug-likeness (QED) is 0.815. The van der Waals surface area contributed by atoms with Crippen LogP contribution in [0.25, 0.3) is 0 Å². The number of hydrogen-bond acceptors (Lipinski definition) is 4. The summed E-state index contributed by atoms with van der Waals surface area (Å²) in [5.74, 6) is -0.808. The molecule has 1 atom stereocenters. The van der Waals surface area contributed by atoms with E-state index in [-0.39, 0.29) is 11.5 Å². The lowest BCUT2D eigenvalue weighted by Gasteiger charge is -2.40. The molecule has 1 unspecified atom stereocenters. The smallest absolute Gasteiger partial charge is 0.410 e. The van der Waals surface area contributed by atoms with Crippen molar-refractivity contribution in [2.24, 2.45) is 5.41 Å². The maximum absolute atomic E-state index is 12.0. The van der Waals surface area contributed by atoms with Crippen molar-refractivity contribution in [3.05, 3.63) is 0 Å². The van der Waals surface area contributed by atoms with Crippen LogP contribution in [0.2, 0.25) is 0 Å². The molecule has 1 fully saturated rings. The molecule has 1 heterocycles. The molecule has 0 aliphatic carbocycles. The second-order valence-electron chi connectivity index (χ2n) is 7.46. The van der Waals surface area contributed by atoms with E-state index in [0.717, 1.165) is 12.8 Å². The summed E-state index contributed by atoms with van der Waals surface area (Å²) < 4.78 is 5.39. The first kappa shape index (κ1) is 18.7. The maximum Gasteiger partial charge on any atom is 0.410 e. The zero-order valence-electron chi connectivity index (χ0n) is 14.4. The minimum absolute atomic E-state index is 0.0153. The van der Waals surface area contributed by atoms with Crippen molar-refractivity contribution >= 4 is 12.1 Å². The Morgan fingerprint density at radius 3 is 2.27 bits per heavy atom. The van der Waals surface area contributed by atoms with E-state index < -0.39 is 17.6 Å². The Bertz CT molecular complexity index is 395. The minimum atomic E-state index is -0.808. The number of nitrogens with zero attached hydrogens (tertiary/aromatic N) is 1. The number of carboxylic acid groups (broad SMARTS) is 1. The summed E-state index contributed by atoms with van der Waals surface area (Å²) in [7, 11) is 0. The Morgan fingerprint density at radius 2 is 1.86 bits per heavy atom. The fourth-order valence-corrected chi connectivity index (χ4v) is 2.51. The number of amides is 1. The molecule has 0 aromatic carbocycles. The van der Waals surface area contributed by atoms with Crippen molar-refractivity contribution in [3.63, 3.8) is 0 Å². The zero-order valence-corrected chi connectivity index (χ0v) is 14.4. The molecule has 1 amide bonds. The van der Waals surface area contributed by atoms with Crippen LogP contribution in [0.1, 0.15) is 53.9 Å².